The van der Waals surface area contributed by atoms with Gasteiger partial charge in [0.15, 0.2) is 11.6 Å². The molecule has 1 aromatic heterocycles. The number of anilines is 1. The van der Waals surface area contributed by atoms with E-state index in [1.54, 1.807) is 0 Å². The maximum atomic E-state index is 10.5. The minimum absolute atomic E-state index is 0.412. The Kier molecular flexibility index (Phi) is 5.58. The van der Waals surface area contributed by atoms with Crippen LogP contribution in [0.1, 0.15) is 37.7 Å². The molecule has 1 N–H and O–H groups in total. The van der Waals surface area contributed by atoms with Gasteiger partial charge in [-0.05, 0) is 50.6 Å². The molecule has 1 aliphatic carbocycles. The third-order valence-corrected chi connectivity index (χ3v) is 6.26. The Morgan fingerprint density at radius 3 is 2.77 bits per heavy atom. The zero-order valence-corrected chi connectivity index (χ0v) is 15.5. The Hall–Kier alpha value is -1.82. The van der Waals surface area contributed by atoms with E-state index in [0.717, 1.165) is 75.9 Å². The molecule has 26 heavy (non-hydrogen) atoms. The summed E-state index contributed by atoms with van der Waals surface area (Å²) in [6.45, 7) is 6.26. The predicted octanol–water partition coefficient (Wildman–Crippen LogP) is 1.83. The summed E-state index contributed by atoms with van der Waals surface area (Å²) in [6, 6.07) is 2.50. The number of piperazine rings is 1. The van der Waals surface area contributed by atoms with Crippen LogP contribution in [0.25, 0.3) is 0 Å². The summed E-state index contributed by atoms with van der Waals surface area (Å²) in [6.07, 6.45) is 9.86. The minimum Gasteiger partial charge on any atom is -0.489 e. The van der Waals surface area contributed by atoms with Gasteiger partial charge in [-0.15, -0.1) is 0 Å². The Morgan fingerprint density at radius 1 is 1.19 bits per heavy atom. The molecule has 1 amide bonds. The van der Waals surface area contributed by atoms with E-state index in [2.05, 4.69) is 26.2 Å². The van der Waals surface area contributed by atoms with Crippen LogP contribution in [-0.4, -0.2) is 61.7 Å². The molecule has 4 rings (SSSR count). The van der Waals surface area contributed by atoms with E-state index in [1.807, 2.05) is 6.20 Å². The van der Waals surface area contributed by atoms with Crippen LogP contribution in [0.3, 0.4) is 0 Å². The number of rotatable bonds is 6. The van der Waals surface area contributed by atoms with Crippen LogP contribution in [0.2, 0.25) is 0 Å². The van der Waals surface area contributed by atoms with Gasteiger partial charge >= 0.3 is 0 Å². The summed E-state index contributed by atoms with van der Waals surface area (Å²) < 4.78 is 5.82. The van der Waals surface area contributed by atoms with Crippen molar-refractivity contribution in [1.29, 1.82) is 0 Å². The van der Waals surface area contributed by atoms with Gasteiger partial charge in [-0.25, -0.2) is 4.98 Å². The van der Waals surface area contributed by atoms with Crippen LogP contribution in [0, 0.1) is 5.92 Å². The lowest BCUT2D eigenvalue weighted by atomic mass is 9.84. The average Bonchev–Trinajstić information content (AvgIpc) is 3.17. The molecule has 0 radical (unpaired) electrons. The number of fused-ring (bicyclic) bond motifs is 1. The van der Waals surface area contributed by atoms with Gasteiger partial charge in [-0.2, -0.15) is 0 Å². The molecule has 3 aliphatic rings. The topological polar surface area (TPSA) is 57.7 Å². The molecule has 0 spiro atoms. The number of pyridine rings is 1. The second kappa shape index (κ2) is 8.25. The number of carbonyl (C=O) groups excluding carboxylic acids is 1. The predicted molar refractivity (Wildman–Crippen MR) is 102 cm³/mol. The number of nitrogens with zero attached hydrogens (tertiary/aromatic N) is 3. The van der Waals surface area contributed by atoms with Crippen molar-refractivity contribution in [3.8, 4) is 5.75 Å². The zero-order chi connectivity index (χ0) is 17.8. The smallest absolute Gasteiger partial charge is 0.207 e. The molecule has 6 heteroatoms. The van der Waals surface area contributed by atoms with Crippen LogP contribution >= 0.6 is 0 Å². The summed E-state index contributed by atoms with van der Waals surface area (Å²) in [5.74, 6) is 2.88. The molecule has 0 bridgehead atoms. The molecule has 1 aromatic rings. The largest absolute Gasteiger partial charge is 0.489 e. The molecule has 0 unspecified atom stereocenters. The van der Waals surface area contributed by atoms with Crippen LogP contribution in [0.4, 0.5) is 5.82 Å². The summed E-state index contributed by atoms with van der Waals surface area (Å²) >= 11 is 0. The van der Waals surface area contributed by atoms with Crippen molar-refractivity contribution >= 4 is 12.2 Å². The normalized spacial score (nSPS) is 26.2. The number of ether oxygens (including phenoxy) is 1. The van der Waals surface area contributed by atoms with Crippen molar-refractivity contribution in [2.45, 2.75) is 44.6 Å². The van der Waals surface area contributed by atoms with Crippen molar-refractivity contribution in [2.75, 3.05) is 44.2 Å². The molecular formula is C20H30N4O2. The highest BCUT2D eigenvalue weighted by atomic mass is 16.5. The van der Waals surface area contributed by atoms with E-state index in [9.17, 15) is 4.79 Å². The number of nitrogens with one attached hydrogen (secondary N) is 1. The quantitative estimate of drug-likeness (QED) is 0.787. The van der Waals surface area contributed by atoms with Gasteiger partial charge in [0.1, 0.15) is 0 Å². The van der Waals surface area contributed by atoms with E-state index < -0.39 is 0 Å². The number of amides is 1. The molecular weight excluding hydrogens is 328 g/mol. The molecule has 1 saturated heterocycles. The molecule has 0 aromatic carbocycles. The van der Waals surface area contributed by atoms with Gasteiger partial charge in [0, 0.05) is 50.4 Å². The van der Waals surface area contributed by atoms with Crippen molar-refractivity contribution in [1.82, 2.24) is 15.2 Å². The summed E-state index contributed by atoms with van der Waals surface area (Å²) in [5.41, 5.74) is 1.30. The van der Waals surface area contributed by atoms with Gasteiger partial charge in [0.25, 0.3) is 0 Å². The molecule has 3 heterocycles. The van der Waals surface area contributed by atoms with Crippen molar-refractivity contribution in [3.63, 3.8) is 0 Å². The van der Waals surface area contributed by atoms with Crippen LogP contribution in [0.15, 0.2) is 12.3 Å². The second-order valence-electron chi connectivity index (χ2n) is 7.84. The standard InChI is InChI=1S/C20H30N4O2/c25-15-22-18-3-1-16(2-4-18)6-9-23-10-12-24(13-11-23)20-19-17(5-8-21-20)7-14-26-19/h5,8,15-16,18H,1-4,6-7,9-14H2,(H,22,25)/t16-,18-. The minimum atomic E-state index is 0.412. The first-order valence-corrected chi connectivity index (χ1v) is 10.1. The first-order chi connectivity index (χ1) is 12.8. The highest BCUT2D eigenvalue weighted by Gasteiger charge is 2.26. The average molecular weight is 358 g/mol. The van der Waals surface area contributed by atoms with Crippen LogP contribution in [0.5, 0.6) is 5.75 Å². The highest BCUT2D eigenvalue weighted by Crippen LogP contribution is 2.34. The molecule has 2 fully saturated rings. The molecule has 0 atom stereocenters. The number of hydrogen-bond donors (Lipinski definition) is 1. The molecule has 2 aliphatic heterocycles. The fourth-order valence-corrected chi connectivity index (χ4v) is 4.58. The highest BCUT2D eigenvalue weighted by molar-refractivity contribution is 5.58. The second-order valence-corrected chi connectivity index (χ2v) is 7.84. The van der Waals surface area contributed by atoms with E-state index in [0.29, 0.717) is 6.04 Å². The third-order valence-electron chi connectivity index (χ3n) is 6.26. The fraction of sp³-hybridized carbons (Fsp3) is 0.700. The molecule has 142 valence electrons. The van der Waals surface area contributed by atoms with E-state index >= 15 is 0 Å². The Labute approximate surface area is 155 Å². The van der Waals surface area contributed by atoms with E-state index in [4.69, 9.17) is 4.74 Å². The van der Waals surface area contributed by atoms with Crippen LogP contribution in [-0.2, 0) is 11.2 Å². The first-order valence-electron chi connectivity index (χ1n) is 10.1. The summed E-state index contributed by atoms with van der Waals surface area (Å²) in [5, 5.41) is 2.94. The number of carbonyl (C=O) groups is 1. The maximum Gasteiger partial charge on any atom is 0.207 e. The Balaban J connectivity index is 1.21. The summed E-state index contributed by atoms with van der Waals surface area (Å²) in [7, 11) is 0. The van der Waals surface area contributed by atoms with Crippen molar-refractivity contribution in [2.24, 2.45) is 5.92 Å². The van der Waals surface area contributed by atoms with E-state index in [-0.39, 0.29) is 0 Å². The maximum absolute atomic E-state index is 10.5. The molecule has 6 nitrogen and oxygen atoms in total. The SMILES string of the molecule is O=CN[C@H]1CC[C@H](CCN2CCN(c3nccc4c3OCC4)CC2)CC1. The third kappa shape index (κ3) is 3.95. The monoisotopic (exact) mass is 358 g/mol. The molecule has 1 saturated carbocycles. The lowest BCUT2D eigenvalue weighted by Crippen LogP contribution is -2.47. The number of hydrogen-bond acceptors (Lipinski definition) is 5. The first kappa shape index (κ1) is 17.6. The van der Waals surface area contributed by atoms with Gasteiger partial charge in [-0.3, -0.25) is 9.69 Å². The van der Waals surface area contributed by atoms with Gasteiger partial charge in [-0.1, -0.05) is 0 Å². The lowest BCUT2D eigenvalue weighted by molar-refractivity contribution is -0.110. The van der Waals surface area contributed by atoms with E-state index in [1.165, 1.54) is 31.4 Å². The lowest BCUT2D eigenvalue weighted by Gasteiger charge is -2.37. The van der Waals surface area contributed by atoms with Crippen LogP contribution < -0.4 is 15.0 Å². The zero-order valence-electron chi connectivity index (χ0n) is 15.5. The Morgan fingerprint density at radius 2 is 2.00 bits per heavy atom. The Bertz CT molecular complexity index is 608. The van der Waals surface area contributed by atoms with Crippen molar-refractivity contribution in [3.05, 3.63) is 17.8 Å². The fourth-order valence-electron chi connectivity index (χ4n) is 4.58. The summed E-state index contributed by atoms with van der Waals surface area (Å²) in [4.78, 5) is 20.1. The van der Waals surface area contributed by atoms with Gasteiger partial charge < -0.3 is 15.0 Å². The number of aromatic nitrogens is 1. The van der Waals surface area contributed by atoms with Crippen molar-refractivity contribution < 1.29 is 9.53 Å². The van der Waals surface area contributed by atoms with Gasteiger partial charge in [0.2, 0.25) is 6.41 Å². The van der Waals surface area contributed by atoms with Gasteiger partial charge in [0.05, 0.1) is 6.61 Å².